The summed E-state index contributed by atoms with van der Waals surface area (Å²) >= 11 is 0. The summed E-state index contributed by atoms with van der Waals surface area (Å²) in [5.41, 5.74) is 3.25. The van der Waals surface area contributed by atoms with Crippen LogP contribution in [0.25, 0.3) is 11.3 Å². The van der Waals surface area contributed by atoms with E-state index in [1.54, 1.807) is 19.3 Å². The van der Waals surface area contributed by atoms with Crippen molar-refractivity contribution < 1.29 is 9.15 Å². The number of guanidine groups is 1. The molecule has 0 atom stereocenters. The fourth-order valence-corrected chi connectivity index (χ4v) is 2.74. The predicted octanol–water partition coefficient (Wildman–Crippen LogP) is 4.70. The number of aliphatic imine (C=N–C) groups is 1. The maximum Gasteiger partial charge on any atom is 0.214 e. The van der Waals surface area contributed by atoms with Gasteiger partial charge in [-0.1, -0.05) is 60.7 Å². The Kier molecular flexibility index (Phi) is 9.40. The number of aryl methyl sites for hydroxylation is 1. The molecule has 3 rings (SSSR count). The van der Waals surface area contributed by atoms with Crippen LogP contribution in [-0.2, 0) is 13.1 Å². The molecule has 0 aliphatic rings. The van der Waals surface area contributed by atoms with E-state index in [1.165, 1.54) is 5.56 Å². The molecule has 2 aromatic carbocycles. The van der Waals surface area contributed by atoms with Gasteiger partial charge in [0.15, 0.2) is 11.7 Å². The van der Waals surface area contributed by atoms with Crippen LogP contribution in [0.1, 0.15) is 17.0 Å². The van der Waals surface area contributed by atoms with Gasteiger partial charge in [0.1, 0.15) is 12.4 Å². The summed E-state index contributed by atoms with van der Waals surface area (Å²) in [5, 5.41) is 6.50. The SMILES string of the molecule is C=CCOc1ccccc1CNC(=NC)NCc1ncc(-c2ccc(C)cc2)o1.I. The van der Waals surface area contributed by atoms with Crippen molar-refractivity contribution in [2.24, 2.45) is 4.99 Å². The molecule has 1 heterocycles. The molecule has 1 aromatic heterocycles. The number of rotatable bonds is 8. The lowest BCUT2D eigenvalue weighted by atomic mass is 10.1. The molecule has 0 radical (unpaired) electrons. The van der Waals surface area contributed by atoms with E-state index in [2.05, 4.69) is 46.2 Å². The maximum atomic E-state index is 5.84. The van der Waals surface area contributed by atoms with Gasteiger partial charge in [-0.05, 0) is 13.0 Å². The Morgan fingerprint density at radius 3 is 2.60 bits per heavy atom. The first-order valence-corrected chi connectivity index (χ1v) is 9.47. The molecule has 6 nitrogen and oxygen atoms in total. The first-order chi connectivity index (χ1) is 14.2. The summed E-state index contributed by atoms with van der Waals surface area (Å²) in [4.78, 5) is 8.60. The second kappa shape index (κ2) is 12.0. The van der Waals surface area contributed by atoms with Crippen LogP contribution in [0, 0.1) is 6.92 Å². The third-order valence-corrected chi connectivity index (χ3v) is 4.30. The molecule has 0 spiro atoms. The molecule has 0 aliphatic carbocycles. The number of nitrogens with one attached hydrogen (secondary N) is 2. The van der Waals surface area contributed by atoms with Gasteiger partial charge in [-0.15, -0.1) is 24.0 Å². The zero-order valence-corrected chi connectivity index (χ0v) is 19.6. The first-order valence-electron chi connectivity index (χ1n) is 9.47. The Hall–Kier alpha value is -2.81. The lowest BCUT2D eigenvalue weighted by molar-refractivity contribution is 0.358. The first kappa shape index (κ1) is 23.5. The van der Waals surface area contributed by atoms with Crippen molar-refractivity contribution in [2.75, 3.05) is 13.7 Å². The van der Waals surface area contributed by atoms with Crippen LogP contribution in [-0.4, -0.2) is 24.6 Å². The van der Waals surface area contributed by atoms with Gasteiger partial charge in [0.25, 0.3) is 0 Å². The van der Waals surface area contributed by atoms with E-state index in [4.69, 9.17) is 9.15 Å². The quantitative estimate of drug-likeness (QED) is 0.196. The van der Waals surface area contributed by atoms with Crippen molar-refractivity contribution in [3.8, 4) is 17.1 Å². The maximum absolute atomic E-state index is 5.84. The summed E-state index contributed by atoms with van der Waals surface area (Å²) in [6.07, 6.45) is 3.47. The third kappa shape index (κ3) is 6.62. The predicted molar refractivity (Wildman–Crippen MR) is 131 cm³/mol. The number of hydrogen-bond acceptors (Lipinski definition) is 4. The minimum atomic E-state index is 0. The van der Waals surface area contributed by atoms with Gasteiger partial charge < -0.3 is 19.8 Å². The Morgan fingerprint density at radius 2 is 1.87 bits per heavy atom. The fourth-order valence-electron chi connectivity index (χ4n) is 2.74. The summed E-state index contributed by atoms with van der Waals surface area (Å²) in [6.45, 7) is 7.22. The average Bonchev–Trinajstić information content (AvgIpc) is 3.22. The van der Waals surface area contributed by atoms with Gasteiger partial charge in [-0.2, -0.15) is 0 Å². The van der Waals surface area contributed by atoms with E-state index in [0.717, 1.165) is 22.6 Å². The summed E-state index contributed by atoms with van der Waals surface area (Å²) in [7, 11) is 1.72. The lowest BCUT2D eigenvalue weighted by Crippen LogP contribution is -2.36. The molecule has 0 bridgehead atoms. The number of oxazole rings is 1. The Morgan fingerprint density at radius 1 is 1.13 bits per heavy atom. The van der Waals surface area contributed by atoms with Crippen LogP contribution in [0.5, 0.6) is 5.75 Å². The molecule has 158 valence electrons. The normalized spacial score (nSPS) is 10.8. The van der Waals surface area contributed by atoms with E-state index >= 15 is 0 Å². The number of ether oxygens (including phenoxy) is 1. The molecule has 7 heteroatoms. The molecule has 0 aliphatic heterocycles. The fraction of sp³-hybridized carbons (Fsp3) is 0.217. The number of aromatic nitrogens is 1. The highest BCUT2D eigenvalue weighted by Crippen LogP contribution is 2.21. The number of nitrogens with zero attached hydrogens (tertiary/aromatic N) is 2. The monoisotopic (exact) mass is 518 g/mol. The molecule has 2 N–H and O–H groups in total. The summed E-state index contributed by atoms with van der Waals surface area (Å²) < 4.78 is 11.5. The molecular formula is C23H27IN4O2. The molecule has 0 unspecified atom stereocenters. The van der Waals surface area contributed by atoms with Crippen LogP contribution >= 0.6 is 24.0 Å². The number of hydrogen-bond donors (Lipinski definition) is 2. The van der Waals surface area contributed by atoms with E-state index in [0.29, 0.717) is 31.5 Å². The number of para-hydroxylation sites is 1. The van der Waals surface area contributed by atoms with Crippen molar-refractivity contribution in [1.82, 2.24) is 15.6 Å². The van der Waals surface area contributed by atoms with Crippen LogP contribution in [0.3, 0.4) is 0 Å². The highest BCUT2D eigenvalue weighted by molar-refractivity contribution is 14.0. The Labute approximate surface area is 194 Å². The second-order valence-corrected chi connectivity index (χ2v) is 6.47. The van der Waals surface area contributed by atoms with E-state index < -0.39 is 0 Å². The summed E-state index contributed by atoms with van der Waals surface area (Å²) in [5.74, 6) is 2.82. The molecule has 0 amide bonds. The topological polar surface area (TPSA) is 71.7 Å². The average molecular weight is 518 g/mol. The summed E-state index contributed by atoms with van der Waals surface area (Å²) in [6, 6.07) is 16.0. The van der Waals surface area contributed by atoms with Gasteiger partial charge in [0, 0.05) is 24.7 Å². The van der Waals surface area contributed by atoms with Crippen LogP contribution < -0.4 is 15.4 Å². The minimum Gasteiger partial charge on any atom is -0.489 e. The third-order valence-electron chi connectivity index (χ3n) is 4.30. The van der Waals surface area contributed by atoms with E-state index in [-0.39, 0.29) is 24.0 Å². The van der Waals surface area contributed by atoms with Crippen LogP contribution in [0.15, 0.2) is 76.8 Å². The van der Waals surface area contributed by atoms with Crippen LogP contribution in [0.2, 0.25) is 0 Å². The highest BCUT2D eigenvalue weighted by Gasteiger charge is 2.08. The Balaban J connectivity index is 0.00000320. The van der Waals surface area contributed by atoms with Crippen molar-refractivity contribution in [2.45, 2.75) is 20.0 Å². The van der Waals surface area contributed by atoms with Gasteiger partial charge in [-0.3, -0.25) is 4.99 Å². The molecule has 30 heavy (non-hydrogen) atoms. The van der Waals surface area contributed by atoms with Gasteiger partial charge >= 0.3 is 0 Å². The van der Waals surface area contributed by atoms with Gasteiger partial charge in [-0.25, -0.2) is 4.98 Å². The minimum absolute atomic E-state index is 0. The second-order valence-electron chi connectivity index (χ2n) is 6.47. The molecule has 0 fully saturated rings. The van der Waals surface area contributed by atoms with Crippen molar-refractivity contribution in [3.63, 3.8) is 0 Å². The molecule has 0 saturated heterocycles. The Bertz CT molecular complexity index is 967. The standard InChI is InChI=1S/C23H26N4O2.HI/c1-4-13-28-20-8-6-5-7-19(20)14-26-23(24-3)27-16-22-25-15-21(29-22)18-11-9-17(2)10-12-18;/h4-12,15H,1,13-14,16H2,2-3H3,(H2,24,26,27);1H. The van der Waals surface area contributed by atoms with Gasteiger partial charge in [0.2, 0.25) is 5.89 Å². The zero-order valence-electron chi connectivity index (χ0n) is 17.2. The van der Waals surface area contributed by atoms with Crippen LogP contribution in [0.4, 0.5) is 0 Å². The smallest absolute Gasteiger partial charge is 0.214 e. The van der Waals surface area contributed by atoms with Gasteiger partial charge in [0.05, 0.1) is 12.7 Å². The number of halogens is 1. The largest absolute Gasteiger partial charge is 0.489 e. The molecular weight excluding hydrogens is 491 g/mol. The highest BCUT2D eigenvalue weighted by atomic mass is 127. The van der Waals surface area contributed by atoms with E-state index in [1.807, 2.05) is 36.4 Å². The van der Waals surface area contributed by atoms with E-state index in [9.17, 15) is 0 Å². The van der Waals surface area contributed by atoms with Crippen molar-refractivity contribution in [1.29, 1.82) is 0 Å². The number of benzene rings is 2. The van der Waals surface area contributed by atoms with Crippen molar-refractivity contribution in [3.05, 3.63) is 84.4 Å². The zero-order chi connectivity index (χ0) is 20.5. The molecule has 0 saturated carbocycles. The lowest BCUT2D eigenvalue weighted by Gasteiger charge is -2.13. The van der Waals surface area contributed by atoms with Crippen molar-refractivity contribution >= 4 is 29.9 Å². The molecule has 3 aromatic rings.